The van der Waals surface area contributed by atoms with Crippen molar-refractivity contribution in [1.82, 2.24) is 9.62 Å². The minimum atomic E-state index is -3.74. The Labute approximate surface area is 189 Å². The van der Waals surface area contributed by atoms with Crippen LogP contribution in [0, 0.1) is 0 Å². The van der Waals surface area contributed by atoms with Crippen molar-refractivity contribution < 1.29 is 22.7 Å². The van der Waals surface area contributed by atoms with E-state index in [0.29, 0.717) is 5.69 Å². The van der Waals surface area contributed by atoms with Gasteiger partial charge >= 0.3 is 0 Å². The molecule has 0 heterocycles. The van der Waals surface area contributed by atoms with Crippen molar-refractivity contribution in [3.8, 4) is 5.75 Å². The van der Waals surface area contributed by atoms with E-state index in [-0.39, 0.29) is 41.5 Å². The van der Waals surface area contributed by atoms with Crippen molar-refractivity contribution in [2.24, 2.45) is 0 Å². The summed E-state index contributed by atoms with van der Waals surface area (Å²) in [5.41, 5.74) is 1.93. The van der Waals surface area contributed by atoms with Crippen LogP contribution in [0.3, 0.4) is 0 Å². The third-order valence-electron chi connectivity index (χ3n) is 4.43. The lowest BCUT2D eigenvalue weighted by molar-refractivity contribution is -0.121. The molecular formula is C22H30N4O5S. The Morgan fingerprint density at radius 1 is 1.00 bits per heavy atom. The third kappa shape index (κ3) is 6.96. The summed E-state index contributed by atoms with van der Waals surface area (Å²) in [7, 11) is 0.488. The van der Waals surface area contributed by atoms with Crippen molar-refractivity contribution in [3.63, 3.8) is 0 Å². The molecule has 9 nitrogen and oxygen atoms in total. The van der Waals surface area contributed by atoms with Crippen LogP contribution in [0.25, 0.3) is 0 Å². The zero-order valence-electron chi connectivity index (χ0n) is 18.9. The van der Waals surface area contributed by atoms with E-state index in [9.17, 15) is 18.0 Å². The fraction of sp³-hybridized carbons (Fsp3) is 0.364. The maximum absolute atomic E-state index is 12.5. The highest BCUT2D eigenvalue weighted by atomic mass is 32.2. The second-order valence-electron chi connectivity index (χ2n) is 7.65. The van der Waals surface area contributed by atoms with Crippen molar-refractivity contribution >= 4 is 33.2 Å². The highest BCUT2D eigenvalue weighted by Gasteiger charge is 2.23. The predicted molar refractivity (Wildman–Crippen MR) is 124 cm³/mol. The number of carbonyl (C=O) groups is 2. The summed E-state index contributed by atoms with van der Waals surface area (Å²) in [4.78, 5) is 24.1. The molecule has 0 radical (unpaired) electrons. The number of hydrogen-bond donors (Lipinski definition) is 3. The summed E-state index contributed by atoms with van der Waals surface area (Å²) in [5.74, 6) is -0.198. The van der Waals surface area contributed by atoms with E-state index in [1.54, 1.807) is 18.2 Å². The molecule has 0 aromatic heterocycles. The number of rotatable bonds is 10. The topological polar surface area (TPSA) is 117 Å². The molecule has 32 heavy (non-hydrogen) atoms. The molecule has 0 aliphatic heterocycles. The monoisotopic (exact) mass is 462 g/mol. The van der Waals surface area contributed by atoms with Crippen LogP contribution in [-0.4, -0.2) is 58.3 Å². The van der Waals surface area contributed by atoms with Crippen molar-refractivity contribution in [2.45, 2.75) is 31.2 Å². The lowest BCUT2D eigenvalue weighted by atomic mass is 10.1. The Bertz CT molecular complexity index is 1050. The largest absolute Gasteiger partial charge is 0.495 e. The van der Waals surface area contributed by atoms with Gasteiger partial charge in [0.25, 0.3) is 0 Å². The number of hydrogen-bond acceptors (Lipinski definition) is 6. The SMILES string of the molecule is COc1ccc(NC(=O)CNc2ccc(CC(=O)NC(C)C)cc2)cc1S(=O)(=O)N(C)C. The molecule has 0 aliphatic rings. The van der Waals surface area contributed by atoms with Gasteiger partial charge in [0.1, 0.15) is 10.6 Å². The molecule has 0 aliphatic carbocycles. The number of sulfonamides is 1. The number of nitrogens with zero attached hydrogens (tertiary/aromatic N) is 1. The van der Waals surface area contributed by atoms with Gasteiger partial charge in [0.15, 0.2) is 0 Å². The smallest absolute Gasteiger partial charge is 0.246 e. The highest BCUT2D eigenvalue weighted by Crippen LogP contribution is 2.28. The predicted octanol–water partition coefficient (Wildman–Crippen LogP) is 2.06. The lowest BCUT2D eigenvalue weighted by Crippen LogP contribution is -2.31. The molecule has 2 rings (SSSR count). The summed E-state index contributed by atoms with van der Waals surface area (Å²) < 4.78 is 31.2. The van der Waals surface area contributed by atoms with Crippen LogP contribution in [0.1, 0.15) is 19.4 Å². The van der Waals surface area contributed by atoms with E-state index in [0.717, 1.165) is 15.6 Å². The summed E-state index contributed by atoms with van der Waals surface area (Å²) >= 11 is 0. The second kappa shape index (κ2) is 11.0. The molecule has 3 N–H and O–H groups in total. The Morgan fingerprint density at radius 3 is 2.19 bits per heavy atom. The molecule has 0 bridgehead atoms. The first-order chi connectivity index (χ1) is 15.0. The highest BCUT2D eigenvalue weighted by molar-refractivity contribution is 7.89. The zero-order valence-corrected chi connectivity index (χ0v) is 19.7. The second-order valence-corrected chi connectivity index (χ2v) is 9.77. The van der Waals surface area contributed by atoms with Crippen molar-refractivity contribution in [3.05, 3.63) is 48.0 Å². The fourth-order valence-electron chi connectivity index (χ4n) is 2.84. The molecule has 2 amide bonds. The zero-order chi connectivity index (χ0) is 23.9. The molecule has 0 saturated carbocycles. The van der Waals surface area contributed by atoms with E-state index in [1.807, 2.05) is 26.0 Å². The van der Waals surface area contributed by atoms with Crippen LogP contribution in [0.5, 0.6) is 5.75 Å². The van der Waals surface area contributed by atoms with Crippen LogP contribution in [-0.2, 0) is 26.0 Å². The van der Waals surface area contributed by atoms with E-state index in [4.69, 9.17) is 4.74 Å². The van der Waals surface area contributed by atoms with Gasteiger partial charge in [0.2, 0.25) is 21.8 Å². The molecule has 0 saturated heterocycles. The normalized spacial score (nSPS) is 11.3. The summed E-state index contributed by atoms with van der Waals surface area (Å²) in [6, 6.07) is 11.7. The Morgan fingerprint density at radius 2 is 1.62 bits per heavy atom. The van der Waals surface area contributed by atoms with Gasteiger partial charge in [-0.25, -0.2) is 12.7 Å². The average Bonchev–Trinajstić information content (AvgIpc) is 2.72. The van der Waals surface area contributed by atoms with Gasteiger partial charge in [-0.3, -0.25) is 9.59 Å². The maximum Gasteiger partial charge on any atom is 0.246 e. The number of amides is 2. The number of ether oxygens (including phenoxy) is 1. The molecule has 2 aromatic rings. The van der Waals surface area contributed by atoms with Crippen molar-refractivity contribution in [2.75, 3.05) is 38.4 Å². The number of benzene rings is 2. The molecule has 0 atom stereocenters. The maximum atomic E-state index is 12.5. The van der Waals surface area contributed by atoms with Crippen molar-refractivity contribution in [1.29, 1.82) is 0 Å². The van der Waals surface area contributed by atoms with E-state index in [2.05, 4.69) is 16.0 Å². The summed E-state index contributed by atoms with van der Waals surface area (Å²) in [6.07, 6.45) is 0.286. The van der Waals surface area contributed by atoms with E-state index in [1.165, 1.54) is 33.3 Å². The fourth-order valence-corrected chi connectivity index (χ4v) is 3.91. The lowest BCUT2D eigenvalue weighted by Gasteiger charge is -2.16. The summed E-state index contributed by atoms with van der Waals surface area (Å²) in [5, 5.41) is 8.52. The van der Waals surface area contributed by atoms with Gasteiger partial charge in [-0.2, -0.15) is 0 Å². The van der Waals surface area contributed by atoms with Gasteiger partial charge < -0.3 is 20.7 Å². The third-order valence-corrected chi connectivity index (χ3v) is 6.26. The Balaban J connectivity index is 1.98. The first kappa shape index (κ1) is 25.2. The van der Waals surface area contributed by atoms with Crippen LogP contribution >= 0.6 is 0 Å². The Hall–Kier alpha value is -3.11. The number of methoxy groups -OCH3 is 1. The van der Waals surface area contributed by atoms with Crippen LogP contribution in [0.2, 0.25) is 0 Å². The van der Waals surface area contributed by atoms with Crippen LogP contribution in [0.15, 0.2) is 47.4 Å². The number of anilines is 2. The van der Waals surface area contributed by atoms with Gasteiger partial charge in [0, 0.05) is 31.5 Å². The number of carbonyl (C=O) groups excluding carboxylic acids is 2. The molecular weight excluding hydrogens is 432 g/mol. The minimum Gasteiger partial charge on any atom is -0.495 e. The first-order valence-corrected chi connectivity index (χ1v) is 11.5. The van der Waals surface area contributed by atoms with Crippen LogP contribution < -0.4 is 20.7 Å². The van der Waals surface area contributed by atoms with Crippen LogP contribution in [0.4, 0.5) is 11.4 Å². The number of nitrogens with one attached hydrogen (secondary N) is 3. The van der Waals surface area contributed by atoms with Gasteiger partial charge in [0.05, 0.1) is 20.1 Å². The Kier molecular flexibility index (Phi) is 8.62. The summed E-state index contributed by atoms with van der Waals surface area (Å²) in [6.45, 7) is 3.79. The van der Waals surface area contributed by atoms with Gasteiger partial charge in [-0.05, 0) is 49.7 Å². The molecule has 174 valence electrons. The molecule has 0 fully saturated rings. The molecule has 0 unspecified atom stereocenters. The molecule has 10 heteroatoms. The van der Waals surface area contributed by atoms with Gasteiger partial charge in [-0.1, -0.05) is 12.1 Å². The first-order valence-electron chi connectivity index (χ1n) is 10.1. The molecule has 0 spiro atoms. The van der Waals surface area contributed by atoms with E-state index < -0.39 is 10.0 Å². The quantitative estimate of drug-likeness (QED) is 0.498. The minimum absolute atomic E-state index is 0.0189. The molecule has 2 aromatic carbocycles. The van der Waals surface area contributed by atoms with E-state index >= 15 is 0 Å². The van der Waals surface area contributed by atoms with Gasteiger partial charge in [-0.15, -0.1) is 0 Å². The average molecular weight is 463 g/mol. The standard InChI is InChI=1S/C22H30N4O5S/c1-15(2)24-21(27)12-16-6-8-17(9-7-16)23-14-22(28)25-18-10-11-19(31-5)20(13-18)32(29,30)26(3)4/h6-11,13,15,23H,12,14H2,1-5H3,(H,24,27)(H,25,28).